The molecule has 0 N–H and O–H groups in total. The fourth-order valence-electron chi connectivity index (χ4n) is 5.96. The smallest absolute Gasteiger partial charge is 0.306 e. The van der Waals surface area contributed by atoms with Gasteiger partial charge in [0.05, 0.1) is 32.0 Å². The number of fused-ring (bicyclic) bond motifs is 2. The highest BCUT2D eigenvalue weighted by molar-refractivity contribution is 5.79. The van der Waals surface area contributed by atoms with Gasteiger partial charge in [-0.05, 0) is 78.8 Å². The van der Waals surface area contributed by atoms with Gasteiger partial charge in [-0.3, -0.25) is 14.8 Å². The normalized spacial score (nSPS) is 17.3. The summed E-state index contributed by atoms with van der Waals surface area (Å²) in [4.78, 5) is 20.4. The van der Waals surface area contributed by atoms with Gasteiger partial charge in [-0.2, -0.15) is 0 Å². The number of carbonyl (C=O) groups excluding carboxylic acids is 1. The molecule has 0 spiro atoms. The van der Waals surface area contributed by atoms with E-state index in [1.165, 1.54) is 7.11 Å². The molecule has 2 atom stereocenters. The second-order valence-corrected chi connectivity index (χ2v) is 10.2. The Hall–Kier alpha value is -4.26. The van der Waals surface area contributed by atoms with Gasteiger partial charge < -0.3 is 14.2 Å². The number of carbonyl (C=O) groups is 1. The van der Waals surface area contributed by atoms with Crippen LogP contribution in [0.3, 0.4) is 0 Å². The Morgan fingerprint density at radius 1 is 1.10 bits per heavy atom. The molecule has 0 saturated carbocycles. The van der Waals surface area contributed by atoms with Gasteiger partial charge in [0.25, 0.3) is 0 Å². The number of hydrogen-bond acceptors (Lipinski definition) is 6. The van der Waals surface area contributed by atoms with Crippen LogP contribution in [0.2, 0.25) is 0 Å². The molecule has 0 unspecified atom stereocenters. The van der Waals surface area contributed by atoms with Crippen LogP contribution in [0.1, 0.15) is 52.7 Å². The summed E-state index contributed by atoms with van der Waals surface area (Å²) in [5.41, 5.74) is 8.77. The van der Waals surface area contributed by atoms with Gasteiger partial charge in [0.1, 0.15) is 23.4 Å². The minimum Gasteiger partial charge on any atom is -0.492 e. The van der Waals surface area contributed by atoms with Crippen LogP contribution in [0.15, 0.2) is 61.1 Å². The predicted molar refractivity (Wildman–Crippen MR) is 145 cm³/mol. The van der Waals surface area contributed by atoms with Crippen molar-refractivity contribution >= 4 is 5.97 Å². The van der Waals surface area contributed by atoms with Crippen molar-refractivity contribution in [2.24, 2.45) is 0 Å². The summed E-state index contributed by atoms with van der Waals surface area (Å²) in [7, 11) is 1.39. The lowest BCUT2D eigenvalue weighted by atomic mass is 9.88. The predicted octanol–water partition coefficient (Wildman–Crippen LogP) is 6.67. The third-order valence-corrected chi connectivity index (χ3v) is 7.73. The molecule has 2 heterocycles. The molecule has 1 aliphatic carbocycles. The Bertz CT molecular complexity index is 1550. The van der Waals surface area contributed by atoms with E-state index in [9.17, 15) is 4.79 Å². The number of aryl methyl sites for hydroxylation is 2. The van der Waals surface area contributed by atoms with E-state index in [4.69, 9.17) is 14.2 Å². The lowest BCUT2D eigenvalue weighted by Crippen LogP contribution is -2.09. The number of halogens is 1. The Morgan fingerprint density at radius 2 is 1.92 bits per heavy atom. The van der Waals surface area contributed by atoms with E-state index in [0.29, 0.717) is 30.1 Å². The molecule has 6 rings (SSSR count). The number of rotatable bonds is 6. The monoisotopic (exact) mass is 524 g/mol. The van der Waals surface area contributed by atoms with Gasteiger partial charge >= 0.3 is 5.97 Å². The summed E-state index contributed by atoms with van der Waals surface area (Å²) in [6.07, 6.45) is 6.39. The lowest BCUT2D eigenvalue weighted by Gasteiger charge is -2.19. The molecule has 1 aliphatic heterocycles. The van der Waals surface area contributed by atoms with Gasteiger partial charge in [0.15, 0.2) is 0 Å². The zero-order chi connectivity index (χ0) is 27.1. The number of nitrogens with zero attached hydrogens (tertiary/aromatic N) is 2. The maximum Gasteiger partial charge on any atom is 0.306 e. The SMILES string of the molecule is COC(=O)C[C@@H]1COc2cc(O[C@@H]3CCc4c(-c5c(C)cc(-c6cnccn6)cc5C)ccc(F)c43)ccc21. The van der Waals surface area contributed by atoms with Crippen LogP contribution in [0, 0.1) is 19.7 Å². The number of methoxy groups -OCH3 is 1. The first-order chi connectivity index (χ1) is 18.9. The number of aromatic nitrogens is 2. The molecule has 0 fully saturated rings. The number of esters is 1. The van der Waals surface area contributed by atoms with Crippen LogP contribution in [0.4, 0.5) is 4.39 Å². The zero-order valence-electron chi connectivity index (χ0n) is 22.2. The zero-order valence-corrected chi connectivity index (χ0v) is 22.2. The molecule has 198 valence electrons. The van der Waals surface area contributed by atoms with Gasteiger partial charge in [0.2, 0.25) is 0 Å². The second kappa shape index (κ2) is 10.1. The molecule has 6 nitrogen and oxygen atoms in total. The van der Waals surface area contributed by atoms with Crippen LogP contribution >= 0.6 is 0 Å². The Labute approximate surface area is 226 Å². The topological polar surface area (TPSA) is 70.5 Å². The molecule has 39 heavy (non-hydrogen) atoms. The number of hydrogen-bond donors (Lipinski definition) is 0. The fourth-order valence-corrected chi connectivity index (χ4v) is 5.96. The van der Waals surface area contributed by atoms with Crippen molar-refractivity contribution in [2.45, 2.75) is 45.1 Å². The van der Waals surface area contributed by atoms with Gasteiger partial charge in [-0.15, -0.1) is 0 Å². The van der Waals surface area contributed by atoms with Gasteiger partial charge in [-0.1, -0.05) is 12.1 Å². The highest BCUT2D eigenvalue weighted by Crippen LogP contribution is 2.45. The molecule has 0 saturated heterocycles. The Morgan fingerprint density at radius 3 is 2.67 bits per heavy atom. The van der Waals surface area contributed by atoms with Crippen LogP contribution in [-0.2, 0) is 16.0 Å². The number of benzene rings is 3. The maximum absolute atomic E-state index is 15.3. The van der Waals surface area contributed by atoms with E-state index in [1.807, 2.05) is 24.3 Å². The molecule has 3 aromatic carbocycles. The molecular formula is C32H29FN2O4. The van der Waals surface area contributed by atoms with Crippen LogP contribution in [0.25, 0.3) is 22.4 Å². The van der Waals surface area contributed by atoms with E-state index >= 15 is 4.39 Å². The molecule has 0 bridgehead atoms. The summed E-state index contributed by atoms with van der Waals surface area (Å²) in [5.74, 6) is 0.761. The molecule has 2 aliphatic rings. The molecule has 1 aromatic heterocycles. The maximum atomic E-state index is 15.3. The van der Waals surface area contributed by atoms with Crippen LogP contribution in [-0.4, -0.2) is 29.7 Å². The van der Waals surface area contributed by atoms with E-state index < -0.39 is 6.10 Å². The number of ether oxygens (including phenoxy) is 3. The van der Waals surface area contributed by atoms with Crippen LogP contribution in [0.5, 0.6) is 11.5 Å². The van der Waals surface area contributed by atoms with Crippen molar-refractivity contribution in [1.82, 2.24) is 9.97 Å². The average Bonchev–Trinajstić information content (AvgIpc) is 3.54. The first-order valence-corrected chi connectivity index (χ1v) is 13.1. The first kappa shape index (κ1) is 25.0. The fraction of sp³-hybridized carbons (Fsp3) is 0.281. The first-order valence-electron chi connectivity index (χ1n) is 13.1. The van der Waals surface area contributed by atoms with Gasteiger partial charge in [0, 0.05) is 41.1 Å². The summed E-state index contributed by atoms with van der Waals surface area (Å²) < 4.78 is 32.3. The summed E-state index contributed by atoms with van der Waals surface area (Å²) in [6.45, 7) is 4.59. The average molecular weight is 525 g/mol. The van der Waals surface area contributed by atoms with Crippen molar-refractivity contribution in [1.29, 1.82) is 0 Å². The summed E-state index contributed by atoms with van der Waals surface area (Å²) in [6, 6.07) is 13.3. The molecular weight excluding hydrogens is 495 g/mol. The Kier molecular flexibility index (Phi) is 6.51. The quantitative estimate of drug-likeness (QED) is 0.262. The van der Waals surface area contributed by atoms with Gasteiger partial charge in [-0.25, -0.2) is 4.39 Å². The third-order valence-electron chi connectivity index (χ3n) is 7.73. The summed E-state index contributed by atoms with van der Waals surface area (Å²) in [5, 5.41) is 0. The molecule has 0 radical (unpaired) electrons. The molecule has 7 heteroatoms. The van der Waals surface area contributed by atoms with E-state index in [2.05, 4.69) is 35.9 Å². The summed E-state index contributed by atoms with van der Waals surface area (Å²) >= 11 is 0. The molecule has 0 amide bonds. The van der Waals surface area contributed by atoms with Crippen molar-refractivity contribution in [3.8, 4) is 33.9 Å². The van der Waals surface area contributed by atoms with E-state index in [0.717, 1.165) is 51.1 Å². The highest BCUT2D eigenvalue weighted by Gasteiger charge is 2.32. The third kappa shape index (κ3) is 4.62. The van der Waals surface area contributed by atoms with Crippen molar-refractivity contribution in [3.63, 3.8) is 0 Å². The molecule has 4 aromatic rings. The second-order valence-electron chi connectivity index (χ2n) is 10.2. The largest absolute Gasteiger partial charge is 0.492 e. The van der Waals surface area contributed by atoms with Crippen molar-refractivity contribution in [2.75, 3.05) is 13.7 Å². The van der Waals surface area contributed by atoms with E-state index in [1.54, 1.807) is 24.7 Å². The standard InChI is InChI=1S/C32H29FN2O4/c1-18-12-20(27-16-34-10-11-35-27)13-19(2)31(18)24-6-8-26(33)32-25(24)7-9-28(32)39-22-4-5-23-21(14-30(36)37-3)17-38-29(23)15-22/h4-6,8,10-13,15-16,21,28H,7,9,14,17H2,1-3H3/t21-,28-/m1/s1. The highest BCUT2D eigenvalue weighted by atomic mass is 19.1. The van der Waals surface area contributed by atoms with Crippen LogP contribution < -0.4 is 9.47 Å². The van der Waals surface area contributed by atoms with Crippen molar-refractivity contribution in [3.05, 3.63) is 94.7 Å². The van der Waals surface area contributed by atoms with Crippen molar-refractivity contribution < 1.29 is 23.4 Å². The minimum atomic E-state index is -0.398. The Balaban J connectivity index is 1.29. The minimum absolute atomic E-state index is 0.0412. The van der Waals surface area contributed by atoms with E-state index in [-0.39, 0.29) is 24.1 Å². The lowest BCUT2D eigenvalue weighted by molar-refractivity contribution is -0.141.